The molecule has 0 atom stereocenters. The van der Waals surface area contributed by atoms with Crippen molar-refractivity contribution in [1.29, 1.82) is 0 Å². The van der Waals surface area contributed by atoms with Crippen LogP contribution in [-0.2, 0) is 11.3 Å². The topological polar surface area (TPSA) is 50.2 Å². The Balaban J connectivity index is 1.29. The second-order valence-corrected chi connectivity index (χ2v) is 9.73. The van der Waals surface area contributed by atoms with E-state index in [1.54, 1.807) is 12.1 Å². The summed E-state index contributed by atoms with van der Waals surface area (Å²) in [6, 6.07) is 23.8. The largest absolute Gasteiger partial charge is 0.326 e. The first kappa shape index (κ1) is 22.1. The van der Waals surface area contributed by atoms with Crippen LogP contribution in [0.5, 0.6) is 0 Å². The lowest BCUT2D eigenvalue weighted by atomic mass is 9.96. The maximum absolute atomic E-state index is 12.7. The van der Waals surface area contributed by atoms with Crippen LogP contribution in [0, 0.1) is 5.92 Å². The third kappa shape index (κ3) is 4.98. The van der Waals surface area contributed by atoms with Crippen LogP contribution in [0.25, 0.3) is 16.7 Å². The highest BCUT2D eigenvalue weighted by atomic mass is 79.9. The van der Waals surface area contributed by atoms with Gasteiger partial charge in [-0.05, 0) is 80.5 Å². The van der Waals surface area contributed by atoms with Gasteiger partial charge in [0.25, 0.3) is 0 Å². The van der Waals surface area contributed by atoms with E-state index in [0.717, 1.165) is 65.2 Å². The van der Waals surface area contributed by atoms with Crippen LogP contribution in [-0.4, -0.2) is 33.4 Å². The van der Waals surface area contributed by atoms with E-state index in [-0.39, 0.29) is 11.8 Å². The molecule has 7 heteroatoms. The van der Waals surface area contributed by atoms with Gasteiger partial charge in [0.15, 0.2) is 0 Å². The predicted molar refractivity (Wildman–Crippen MR) is 137 cm³/mol. The molecule has 1 fully saturated rings. The first-order valence-corrected chi connectivity index (χ1v) is 12.2. The molecule has 4 aromatic rings. The van der Waals surface area contributed by atoms with E-state index >= 15 is 0 Å². The average Bonchev–Trinajstić information content (AvgIpc) is 3.19. The maximum Gasteiger partial charge on any atom is 0.227 e. The minimum atomic E-state index is 0.0147. The Morgan fingerprint density at radius 2 is 1.79 bits per heavy atom. The number of aromatic nitrogens is 2. The third-order valence-electron chi connectivity index (χ3n) is 6.13. The maximum atomic E-state index is 12.7. The summed E-state index contributed by atoms with van der Waals surface area (Å²) in [4.78, 5) is 20.1. The summed E-state index contributed by atoms with van der Waals surface area (Å²) < 4.78 is 3.27. The molecule has 0 unspecified atom stereocenters. The van der Waals surface area contributed by atoms with E-state index in [4.69, 9.17) is 16.6 Å². The number of carbonyl (C=O) groups is 1. The fraction of sp³-hybridized carbons (Fsp3) is 0.231. The minimum absolute atomic E-state index is 0.0147. The first-order chi connectivity index (χ1) is 16.1. The molecule has 0 radical (unpaired) electrons. The summed E-state index contributed by atoms with van der Waals surface area (Å²) in [6.45, 7) is 2.47. The van der Waals surface area contributed by atoms with Crippen LogP contribution in [0.4, 0.5) is 5.69 Å². The Hall–Kier alpha value is -2.67. The van der Waals surface area contributed by atoms with Gasteiger partial charge in [-0.25, -0.2) is 4.98 Å². The number of anilines is 1. The lowest BCUT2D eigenvalue weighted by molar-refractivity contribution is -0.121. The zero-order valence-corrected chi connectivity index (χ0v) is 20.4. The number of imidazole rings is 1. The van der Waals surface area contributed by atoms with Crippen molar-refractivity contribution in [1.82, 2.24) is 14.5 Å². The Morgan fingerprint density at radius 3 is 2.55 bits per heavy atom. The van der Waals surface area contributed by atoms with Crippen molar-refractivity contribution in [3.8, 4) is 5.69 Å². The van der Waals surface area contributed by atoms with Gasteiger partial charge in [-0.2, -0.15) is 0 Å². The molecule has 1 aliphatic heterocycles. The number of carbonyl (C=O) groups excluding carboxylic acids is 1. The number of hydrogen-bond acceptors (Lipinski definition) is 3. The van der Waals surface area contributed by atoms with Crippen LogP contribution in [0.2, 0.25) is 5.02 Å². The van der Waals surface area contributed by atoms with Crippen molar-refractivity contribution in [2.45, 2.75) is 19.4 Å². The quantitative estimate of drug-likeness (QED) is 0.334. The van der Waals surface area contributed by atoms with Gasteiger partial charge in [0, 0.05) is 26.8 Å². The van der Waals surface area contributed by atoms with Gasteiger partial charge in [0.2, 0.25) is 5.91 Å². The number of benzene rings is 3. The number of hydrogen-bond donors (Lipinski definition) is 1. The van der Waals surface area contributed by atoms with Crippen LogP contribution in [0.1, 0.15) is 18.7 Å². The number of likely N-dealkylation sites (tertiary alicyclic amines) is 1. The van der Waals surface area contributed by atoms with Crippen LogP contribution >= 0.6 is 27.5 Å². The molecular weight excluding hydrogens is 500 g/mol. The molecule has 0 saturated carbocycles. The Kier molecular flexibility index (Phi) is 6.49. The number of para-hydroxylation sites is 2. The van der Waals surface area contributed by atoms with Crippen molar-refractivity contribution in [3.63, 3.8) is 0 Å². The molecule has 0 aliphatic carbocycles. The molecule has 168 valence electrons. The van der Waals surface area contributed by atoms with Crippen molar-refractivity contribution in [2.24, 2.45) is 5.92 Å². The van der Waals surface area contributed by atoms with Crippen molar-refractivity contribution >= 4 is 50.2 Å². The highest BCUT2D eigenvalue weighted by Gasteiger charge is 2.26. The van der Waals surface area contributed by atoms with Gasteiger partial charge in [-0.15, -0.1) is 0 Å². The van der Waals surface area contributed by atoms with Gasteiger partial charge in [-0.1, -0.05) is 45.7 Å². The zero-order valence-electron chi connectivity index (χ0n) is 18.0. The fourth-order valence-electron chi connectivity index (χ4n) is 4.42. The Bertz CT molecular complexity index is 1280. The number of amides is 1. The molecule has 2 heterocycles. The fourth-order valence-corrected chi connectivity index (χ4v) is 4.93. The molecule has 3 aromatic carbocycles. The summed E-state index contributed by atoms with van der Waals surface area (Å²) in [7, 11) is 0. The minimum Gasteiger partial charge on any atom is -0.326 e. The van der Waals surface area contributed by atoms with Gasteiger partial charge in [0.05, 0.1) is 17.6 Å². The van der Waals surface area contributed by atoms with E-state index in [9.17, 15) is 4.79 Å². The van der Waals surface area contributed by atoms with Crippen molar-refractivity contribution in [2.75, 3.05) is 18.4 Å². The highest BCUT2D eigenvalue weighted by molar-refractivity contribution is 9.10. The van der Waals surface area contributed by atoms with Crippen LogP contribution in [0.15, 0.2) is 77.3 Å². The number of halogens is 2. The van der Waals surface area contributed by atoms with E-state index < -0.39 is 0 Å². The molecule has 1 aromatic heterocycles. The molecule has 0 spiro atoms. The van der Waals surface area contributed by atoms with E-state index in [1.165, 1.54) is 0 Å². The predicted octanol–water partition coefficient (Wildman–Crippen LogP) is 6.29. The molecule has 5 nitrogen and oxygen atoms in total. The summed E-state index contributed by atoms with van der Waals surface area (Å²) in [5.74, 6) is 1.11. The second-order valence-electron chi connectivity index (χ2n) is 8.38. The molecule has 1 amide bonds. The second kappa shape index (κ2) is 9.67. The molecule has 0 bridgehead atoms. The number of nitrogens with zero attached hydrogens (tertiary/aromatic N) is 3. The molecule has 1 N–H and O–H groups in total. The summed E-state index contributed by atoms with van der Waals surface area (Å²) in [5, 5.41) is 3.68. The van der Waals surface area contributed by atoms with Crippen LogP contribution < -0.4 is 5.32 Å². The Labute approximate surface area is 206 Å². The average molecular weight is 524 g/mol. The summed E-state index contributed by atoms with van der Waals surface area (Å²) >= 11 is 9.53. The zero-order chi connectivity index (χ0) is 22.8. The molecule has 33 heavy (non-hydrogen) atoms. The van der Waals surface area contributed by atoms with Crippen LogP contribution in [0.3, 0.4) is 0 Å². The van der Waals surface area contributed by atoms with Crippen molar-refractivity contribution in [3.05, 3.63) is 88.1 Å². The molecule has 1 aliphatic rings. The molecular formula is C26H24BrClN4O. The summed E-state index contributed by atoms with van der Waals surface area (Å²) in [5.41, 5.74) is 3.97. The molecule has 1 saturated heterocycles. The highest BCUT2D eigenvalue weighted by Crippen LogP contribution is 2.26. The lowest BCUT2D eigenvalue weighted by Crippen LogP contribution is -2.38. The van der Waals surface area contributed by atoms with E-state index in [1.807, 2.05) is 36.4 Å². The lowest BCUT2D eigenvalue weighted by Gasteiger charge is -2.31. The standard InChI is InChI=1S/C26H24BrClN4O/c27-19-4-3-5-22(16-19)32-24-7-2-1-6-23(24)30-25(32)17-31-14-12-18(13-15-31)26(33)29-21-10-8-20(28)9-11-21/h1-11,16,18H,12-15,17H2,(H,29,33). The smallest absolute Gasteiger partial charge is 0.227 e. The molecule has 5 rings (SSSR count). The number of piperidine rings is 1. The van der Waals surface area contributed by atoms with Gasteiger partial charge in [-0.3, -0.25) is 14.3 Å². The monoisotopic (exact) mass is 522 g/mol. The van der Waals surface area contributed by atoms with E-state index in [2.05, 4.69) is 55.0 Å². The van der Waals surface area contributed by atoms with E-state index in [0.29, 0.717) is 5.02 Å². The van der Waals surface area contributed by atoms with Gasteiger partial charge >= 0.3 is 0 Å². The first-order valence-electron chi connectivity index (χ1n) is 11.1. The normalized spacial score (nSPS) is 15.1. The number of nitrogens with one attached hydrogen (secondary N) is 1. The van der Waals surface area contributed by atoms with Crippen molar-refractivity contribution < 1.29 is 4.79 Å². The number of fused-ring (bicyclic) bond motifs is 1. The Morgan fingerprint density at radius 1 is 1.03 bits per heavy atom. The summed E-state index contributed by atoms with van der Waals surface area (Å²) in [6.07, 6.45) is 1.66. The van der Waals surface area contributed by atoms with Gasteiger partial charge < -0.3 is 5.32 Å². The SMILES string of the molecule is O=C(Nc1ccc(Cl)cc1)C1CCN(Cc2nc3ccccc3n2-c2cccc(Br)c2)CC1. The van der Waals surface area contributed by atoms with Gasteiger partial charge in [0.1, 0.15) is 5.82 Å². The number of rotatable bonds is 5. The third-order valence-corrected chi connectivity index (χ3v) is 6.88.